The van der Waals surface area contributed by atoms with Crippen molar-refractivity contribution in [1.82, 2.24) is 9.97 Å². The van der Waals surface area contributed by atoms with Crippen molar-refractivity contribution < 1.29 is 14.3 Å². The molecule has 0 radical (unpaired) electrons. The summed E-state index contributed by atoms with van der Waals surface area (Å²) in [6.07, 6.45) is 0. The van der Waals surface area contributed by atoms with Crippen LogP contribution in [0.1, 0.15) is 10.4 Å². The van der Waals surface area contributed by atoms with Gasteiger partial charge in [-0.1, -0.05) is 53.5 Å². The zero-order chi connectivity index (χ0) is 21.1. The Morgan fingerprint density at radius 1 is 0.967 bits per heavy atom. The smallest absolute Gasteiger partial charge is 0.338 e. The van der Waals surface area contributed by atoms with Gasteiger partial charge in [0.1, 0.15) is 5.82 Å². The number of aromatic nitrogens is 2. The second-order valence-electron chi connectivity index (χ2n) is 6.44. The number of ether oxygens (including phenoxy) is 1. The summed E-state index contributed by atoms with van der Waals surface area (Å²) in [4.78, 5) is 32.1. The highest BCUT2D eigenvalue weighted by atomic mass is 35.5. The van der Waals surface area contributed by atoms with Crippen molar-refractivity contribution in [2.75, 3.05) is 11.9 Å². The molecule has 0 unspecified atom stereocenters. The van der Waals surface area contributed by atoms with Crippen LogP contribution in [0.2, 0.25) is 10.0 Å². The molecule has 150 valence electrons. The molecule has 6 nitrogen and oxygen atoms in total. The zero-order valence-corrected chi connectivity index (χ0v) is 17.0. The largest absolute Gasteiger partial charge is 0.452 e. The predicted molar refractivity (Wildman–Crippen MR) is 117 cm³/mol. The summed E-state index contributed by atoms with van der Waals surface area (Å²) in [5.41, 5.74) is 3.13. The van der Waals surface area contributed by atoms with Crippen molar-refractivity contribution in [2.45, 2.75) is 0 Å². The molecule has 30 heavy (non-hydrogen) atoms. The third-order valence-electron chi connectivity index (χ3n) is 4.30. The van der Waals surface area contributed by atoms with Gasteiger partial charge in [0.25, 0.3) is 5.91 Å². The first kappa shape index (κ1) is 19.9. The zero-order valence-electron chi connectivity index (χ0n) is 15.5. The summed E-state index contributed by atoms with van der Waals surface area (Å²) in [6, 6.07) is 19.3. The van der Waals surface area contributed by atoms with Crippen LogP contribution in [0.15, 0.2) is 66.7 Å². The fourth-order valence-electron chi connectivity index (χ4n) is 2.85. The molecule has 1 amide bonds. The van der Waals surface area contributed by atoms with Crippen molar-refractivity contribution in [3.05, 3.63) is 82.3 Å². The summed E-state index contributed by atoms with van der Waals surface area (Å²) in [5.74, 6) is -0.398. The standard InChI is InChI=1S/C22H15Cl2N3O3/c23-16-8-7-15(11-17(16)24)25-20(28)12-30-22(29)14-6-9-18-19(10-14)27-21(26-18)13-4-2-1-3-5-13/h1-11H,12H2,(H,25,28)(H,26,27). The quantitative estimate of drug-likeness (QED) is 0.411. The number of fused-ring (bicyclic) bond motifs is 1. The highest BCUT2D eigenvalue weighted by molar-refractivity contribution is 6.42. The number of carbonyl (C=O) groups is 2. The Hall–Kier alpha value is -3.35. The van der Waals surface area contributed by atoms with Crippen LogP contribution in [0.3, 0.4) is 0 Å². The van der Waals surface area contributed by atoms with Crippen LogP contribution < -0.4 is 5.32 Å². The van der Waals surface area contributed by atoms with Crippen LogP contribution in [0, 0.1) is 0 Å². The molecular formula is C22H15Cl2N3O3. The normalized spacial score (nSPS) is 10.7. The number of nitrogens with zero attached hydrogens (tertiary/aromatic N) is 1. The van der Waals surface area contributed by atoms with Crippen molar-refractivity contribution in [2.24, 2.45) is 0 Å². The van der Waals surface area contributed by atoms with E-state index in [0.29, 0.717) is 32.6 Å². The topological polar surface area (TPSA) is 84.1 Å². The van der Waals surface area contributed by atoms with Crippen LogP contribution in [0.25, 0.3) is 22.4 Å². The van der Waals surface area contributed by atoms with E-state index in [1.807, 2.05) is 30.3 Å². The molecule has 1 heterocycles. The number of esters is 1. The number of nitrogens with one attached hydrogen (secondary N) is 2. The van der Waals surface area contributed by atoms with Gasteiger partial charge in [-0.2, -0.15) is 0 Å². The first-order valence-corrected chi connectivity index (χ1v) is 9.72. The molecule has 0 spiro atoms. The molecule has 0 aliphatic carbocycles. The number of imidazole rings is 1. The van der Waals surface area contributed by atoms with Gasteiger partial charge >= 0.3 is 5.97 Å². The third-order valence-corrected chi connectivity index (χ3v) is 5.04. The van der Waals surface area contributed by atoms with E-state index in [1.165, 1.54) is 6.07 Å². The van der Waals surface area contributed by atoms with E-state index in [1.54, 1.807) is 30.3 Å². The Balaban J connectivity index is 1.41. The van der Waals surface area contributed by atoms with Crippen LogP contribution in [-0.4, -0.2) is 28.5 Å². The highest BCUT2D eigenvalue weighted by Crippen LogP contribution is 2.25. The van der Waals surface area contributed by atoms with Gasteiger partial charge in [0.2, 0.25) is 0 Å². The molecule has 0 atom stereocenters. The minimum Gasteiger partial charge on any atom is -0.452 e. The number of hydrogen-bond acceptors (Lipinski definition) is 4. The van der Waals surface area contributed by atoms with E-state index < -0.39 is 18.5 Å². The first-order chi connectivity index (χ1) is 14.5. The van der Waals surface area contributed by atoms with Crippen molar-refractivity contribution in [3.63, 3.8) is 0 Å². The Morgan fingerprint density at radius 2 is 1.77 bits per heavy atom. The Morgan fingerprint density at radius 3 is 2.53 bits per heavy atom. The van der Waals surface area contributed by atoms with E-state index in [4.69, 9.17) is 27.9 Å². The summed E-state index contributed by atoms with van der Waals surface area (Å²) in [6.45, 7) is -0.435. The van der Waals surface area contributed by atoms with Gasteiger partial charge in [0.05, 0.1) is 26.6 Å². The van der Waals surface area contributed by atoms with Crippen molar-refractivity contribution >= 4 is 51.8 Å². The van der Waals surface area contributed by atoms with Gasteiger partial charge in [-0.05, 0) is 36.4 Å². The maximum Gasteiger partial charge on any atom is 0.338 e. The fourth-order valence-corrected chi connectivity index (χ4v) is 3.15. The first-order valence-electron chi connectivity index (χ1n) is 8.97. The summed E-state index contributed by atoms with van der Waals surface area (Å²) in [7, 11) is 0. The molecule has 4 aromatic rings. The molecule has 2 N–H and O–H groups in total. The lowest BCUT2D eigenvalue weighted by Crippen LogP contribution is -2.20. The SMILES string of the molecule is O=C(COC(=O)c1ccc2nc(-c3ccccc3)[nH]c2c1)Nc1ccc(Cl)c(Cl)c1. The number of benzene rings is 3. The minimum atomic E-state index is -0.614. The van der Waals surface area contributed by atoms with E-state index in [2.05, 4.69) is 15.3 Å². The Labute approximate surface area is 181 Å². The molecule has 0 saturated carbocycles. The van der Waals surface area contributed by atoms with Gasteiger partial charge in [-0.3, -0.25) is 4.79 Å². The average molecular weight is 440 g/mol. The van der Waals surface area contributed by atoms with Gasteiger partial charge in [-0.25, -0.2) is 9.78 Å². The molecule has 8 heteroatoms. The lowest BCUT2D eigenvalue weighted by molar-refractivity contribution is -0.119. The number of amides is 1. The number of anilines is 1. The second-order valence-corrected chi connectivity index (χ2v) is 7.25. The maximum atomic E-state index is 12.3. The molecule has 4 rings (SSSR count). The molecule has 0 aliphatic rings. The number of aromatic amines is 1. The van der Waals surface area contributed by atoms with Gasteiger partial charge in [-0.15, -0.1) is 0 Å². The van der Waals surface area contributed by atoms with E-state index >= 15 is 0 Å². The Kier molecular flexibility index (Phi) is 5.70. The molecule has 0 bridgehead atoms. The highest BCUT2D eigenvalue weighted by Gasteiger charge is 2.13. The van der Waals surface area contributed by atoms with E-state index in [-0.39, 0.29) is 0 Å². The Bertz CT molecular complexity index is 1240. The fraction of sp³-hybridized carbons (Fsp3) is 0.0455. The number of rotatable bonds is 5. The molecule has 0 saturated heterocycles. The van der Waals surface area contributed by atoms with E-state index in [9.17, 15) is 9.59 Å². The summed E-state index contributed by atoms with van der Waals surface area (Å²) >= 11 is 11.8. The van der Waals surface area contributed by atoms with Gasteiger partial charge in [0, 0.05) is 11.3 Å². The lowest BCUT2D eigenvalue weighted by Gasteiger charge is -2.07. The number of H-pyrrole nitrogens is 1. The van der Waals surface area contributed by atoms with Crippen LogP contribution in [0.4, 0.5) is 5.69 Å². The van der Waals surface area contributed by atoms with Crippen LogP contribution in [-0.2, 0) is 9.53 Å². The second kappa shape index (κ2) is 8.57. The number of carbonyl (C=O) groups excluding carboxylic acids is 2. The summed E-state index contributed by atoms with van der Waals surface area (Å²) < 4.78 is 5.11. The monoisotopic (exact) mass is 439 g/mol. The molecular weight excluding hydrogens is 425 g/mol. The van der Waals surface area contributed by atoms with Gasteiger partial charge < -0.3 is 15.0 Å². The van der Waals surface area contributed by atoms with E-state index in [0.717, 1.165) is 11.1 Å². The number of halogens is 2. The average Bonchev–Trinajstić information content (AvgIpc) is 3.19. The van der Waals surface area contributed by atoms with Crippen LogP contribution in [0.5, 0.6) is 0 Å². The summed E-state index contributed by atoms with van der Waals surface area (Å²) in [5, 5.41) is 3.29. The molecule has 1 aromatic heterocycles. The molecule has 0 aliphatic heterocycles. The molecule has 3 aromatic carbocycles. The molecule has 0 fully saturated rings. The predicted octanol–water partition coefficient (Wildman–Crippen LogP) is 5.33. The van der Waals surface area contributed by atoms with Gasteiger partial charge in [0.15, 0.2) is 6.61 Å². The van der Waals surface area contributed by atoms with Crippen LogP contribution >= 0.6 is 23.2 Å². The third kappa shape index (κ3) is 4.45. The number of hydrogen-bond donors (Lipinski definition) is 2. The van der Waals surface area contributed by atoms with Crippen molar-refractivity contribution in [3.8, 4) is 11.4 Å². The minimum absolute atomic E-state index is 0.313. The maximum absolute atomic E-state index is 12.3. The lowest BCUT2D eigenvalue weighted by atomic mass is 10.2. The van der Waals surface area contributed by atoms with Crippen molar-refractivity contribution in [1.29, 1.82) is 0 Å².